The maximum absolute atomic E-state index is 13.6. The molecule has 0 heterocycles. The average molecular weight is 310 g/mol. The number of aryl methyl sites for hydroxylation is 1. The molecule has 0 saturated heterocycles. The van der Waals surface area contributed by atoms with Crippen LogP contribution in [0.15, 0.2) is 47.4 Å². The Bertz CT molecular complexity index is 791. The van der Waals surface area contributed by atoms with Crippen LogP contribution in [-0.4, -0.2) is 13.3 Å². The van der Waals surface area contributed by atoms with Crippen molar-refractivity contribution >= 4 is 21.4 Å². The lowest BCUT2D eigenvalue weighted by Crippen LogP contribution is -2.14. The van der Waals surface area contributed by atoms with Crippen LogP contribution in [0.4, 0.5) is 15.8 Å². The van der Waals surface area contributed by atoms with Crippen molar-refractivity contribution in [1.29, 1.82) is 0 Å². The number of nitro groups is 1. The molecule has 0 unspecified atom stereocenters. The van der Waals surface area contributed by atoms with Crippen molar-refractivity contribution in [3.05, 3.63) is 64.0 Å². The number of hydrogen-bond acceptors (Lipinski definition) is 4. The zero-order valence-corrected chi connectivity index (χ0v) is 11.7. The van der Waals surface area contributed by atoms with Crippen molar-refractivity contribution in [1.82, 2.24) is 0 Å². The third-order valence-electron chi connectivity index (χ3n) is 2.74. The number of sulfonamides is 1. The van der Waals surface area contributed by atoms with E-state index in [0.29, 0.717) is 11.8 Å². The number of hydrogen-bond donors (Lipinski definition) is 1. The zero-order valence-electron chi connectivity index (χ0n) is 10.9. The summed E-state index contributed by atoms with van der Waals surface area (Å²) in [5, 5.41) is 10.8. The van der Waals surface area contributed by atoms with Crippen LogP contribution in [0.25, 0.3) is 0 Å². The number of halogens is 1. The van der Waals surface area contributed by atoms with E-state index in [1.165, 1.54) is 19.1 Å². The van der Waals surface area contributed by atoms with Gasteiger partial charge in [-0.15, -0.1) is 0 Å². The summed E-state index contributed by atoms with van der Waals surface area (Å²) in [6.07, 6.45) is 0. The van der Waals surface area contributed by atoms with Crippen LogP contribution in [0.5, 0.6) is 0 Å². The number of benzene rings is 2. The van der Waals surface area contributed by atoms with Gasteiger partial charge in [0.1, 0.15) is 0 Å². The van der Waals surface area contributed by atoms with Crippen LogP contribution in [0.3, 0.4) is 0 Å². The van der Waals surface area contributed by atoms with Crippen LogP contribution in [0, 0.1) is 22.9 Å². The summed E-state index contributed by atoms with van der Waals surface area (Å²) in [6, 6.07) is 9.79. The van der Waals surface area contributed by atoms with E-state index in [1.54, 1.807) is 18.2 Å². The highest BCUT2D eigenvalue weighted by Gasteiger charge is 2.23. The number of rotatable bonds is 4. The van der Waals surface area contributed by atoms with E-state index in [2.05, 4.69) is 4.72 Å². The fourth-order valence-corrected chi connectivity index (χ4v) is 2.89. The molecule has 0 fully saturated rings. The summed E-state index contributed by atoms with van der Waals surface area (Å²) in [7, 11) is -4.03. The van der Waals surface area contributed by atoms with Gasteiger partial charge in [-0.2, -0.15) is 4.39 Å². The van der Waals surface area contributed by atoms with Crippen LogP contribution >= 0.6 is 0 Å². The van der Waals surface area contributed by atoms with E-state index in [-0.39, 0.29) is 10.5 Å². The first-order chi connectivity index (χ1) is 9.81. The standard InChI is InChI=1S/C13H11FN2O4S/c1-9-7-11(8-12(13(9)14)16(17)18)21(19,20)15-10-5-3-2-4-6-10/h2-8,15H,1H3. The lowest BCUT2D eigenvalue weighted by molar-refractivity contribution is -0.387. The molecular formula is C13H11FN2O4S. The molecule has 0 atom stereocenters. The second kappa shape index (κ2) is 5.49. The quantitative estimate of drug-likeness (QED) is 0.694. The number of para-hydroxylation sites is 1. The number of nitro benzene ring substituents is 1. The predicted molar refractivity (Wildman–Crippen MR) is 75.0 cm³/mol. The van der Waals surface area contributed by atoms with Crippen LogP contribution < -0.4 is 4.72 Å². The number of anilines is 1. The Morgan fingerprint density at radius 2 is 1.81 bits per heavy atom. The van der Waals surface area contributed by atoms with Crippen molar-refractivity contribution < 1.29 is 17.7 Å². The molecule has 6 nitrogen and oxygen atoms in total. The van der Waals surface area contributed by atoms with Crippen molar-refractivity contribution in [2.24, 2.45) is 0 Å². The van der Waals surface area contributed by atoms with Crippen LogP contribution in [0.1, 0.15) is 5.56 Å². The third-order valence-corrected chi connectivity index (χ3v) is 4.10. The van der Waals surface area contributed by atoms with E-state index < -0.39 is 26.5 Å². The lowest BCUT2D eigenvalue weighted by Gasteiger charge is -2.09. The molecule has 0 aromatic heterocycles. The summed E-state index contributed by atoms with van der Waals surface area (Å²) < 4.78 is 40.2. The van der Waals surface area contributed by atoms with Gasteiger partial charge in [-0.25, -0.2) is 8.42 Å². The highest BCUT2D eigenvalue weighted by molar-refractivity contribution is 7.92. The fourth-order valence-electron chi connectivity index (χ4n) is 1.73. The second-order valence-electron chi connectivity index (χ2n) is 4.30. The molecule has 0 bridgehead atoms. The number of nitrogens with one attached hydrogen (secondary N) is 1. The molecule has 2 aromatic carbocycles. The van der Waals surface area contributed by atoms with Crippen LogP contribution in [0.2, 0.25) is 0 Å². The van der Waals surface area contributed by atoms with E-state index in [1.807, 2.05) is 0 Å². The Morgan fingerprint density at radius 3 is 2.38 bits per heavy atom. The molecule has 2 aromatic rings. The van der Waals surface area contributed by atoms with Crippen molar-refractivity contribution in [3.8, 4) is 0 Å². The molecule has 21 heavy (non-hydrogen) atoms. The Morgan fingerprint density at radius 1 is 1.19 bits per heavy atom. The van der Waals surface area contributed by atoms with E-state index in [9.17, 15) is 22.9 Å². The molecule has 0 amide bonds. The molecule has 0 aliphatic rings. The van der Waals surface area contributed by atoms with Gasteiger partial charge in [0.2, 0.25) is 5.82 Å². The summed E-state index contributed by atoms with van der Waals surface area (Å²) in [5.41, 5.74) is -0.678. The molecule has 0 aliphatic heterocycles. The predicted octanol–water partition coefficient (Wildman–Crippen LogP) is 2.84. The van der Waals surface area contributed by atoms with E-state index >= 15 is 0 Å². The van der Waals surface area contributed by atoms with Crippen molar-refractivity contribution in [2.75, 3.05) is 4.72 Å². The first-order valence-electron chi connectivity index (χ1n) is 5.83. The van der Waals surface area contributed by atoms with Crippen LogP contribution in [-0.2, 0) is 10.0 Å². The molecule has 1 N–H and O–H groups in total. The van der Waals surface area contributed by atoms with Gasteiger partial charge in [0.25, 0.3) is 10.0 Å². The first kappa shape index (κ1) is 14.9. The van der Waals surface area contributed by atoms with Gasteiger partial charge in [0.05, 0.1) is 9.82 Å². The minimum Gasteiger partial charge on any atom is -0.280 e. The summed E-state index contributed by atoms with van der Waals surface area (Å²) in [5.74, 6) is -1.04. The Kier molecular flexibility index (Phi) is 3.90. The fraction of sp³-hybridized carbons (Fsp3) is 0.0769. The maximum atomic E-state index is 13.6. The normalized spacial score (nSPS) is 11.1. The Labute approximate surface area is 120 Å². The molecular weight excluding hydrogens is 299 g/mol. The topological polar surface area (TPSA) is 89.3 Å². The van der Waals surface area contributed by atoms with Gasteiger partial charge in [-0.05, 0) is 30.7 Å². The zero-order chi connectivity index (χ0) is 15.6. The molecule has 2 rings (SSSR count). The summed E-state index contributed by atoms with van der Waals surface area (Å²) >= 11 is 0. The van der Waals surface area contributed by atoms with E-state index in [4.69, 9.17) is 0 Å². The average Bonchev–Trinajstić information content (AvgIpc) is 2.41. The summed E-state index contributed by atoms with van der Waals surface area (Å²) in [4.78, 5) is 9.44. The molecule has 110 valence electrons. The highest BCUT2D eigenvalue weighted by Crippen LogP contribution is 2.26. The van der Waals surface area contributed by atoms with Gasteiger partial charge < -0.3 is 0 Å². The Balaban J connectivity index is 2.48. The molecule has 0 saturated carbocycles. The van der Waals surface area contributed by atoms with Crippen molar-refractivity contribution in [3.63, 3.8) is 0 Å². The van der Waals surface area contributed by atoms with Gasteiger partial charge in [-0.1, -0.05) is 18.2 Å². The number of nitrogens with zero attached hydrogens (tertiary/aromatic N) is 1. The molecule has 8 heteroatoms. The van der Waals surface area contributed by atoms with Gasteiger partial charge >= 0.3 is 5.69 Å². The SMILES string of the molecule is Cc1cc(S(=O)(=O)Nc2ccccc2)cc([N+](=O)[O-])c1F. The third kappa shape index (κ3) is 3.16. The molecule has 0 spiro atoms. The van der Waals surface area contributed by atoms with Crippen molar-refractivity contribution in [2.45, 2.75) is 11.8 Å². The first-order valence-corrected chi connectivity index (χ1v) is 7.32. The second-order valence-corrected chi connectivity index (χ2v) is 5.98. The highest BCUT2D eigenvalue weighted by atomic mass is 32.2. The smallest absolute Gasteiger partial charge is 0.280 e. The monoisotopic (exact) mass is 310 g/mol. The lowest BCUT2D eigenvalue weighted by atomic mass is 10.2. The maximum Gasteiger partial charge on any atom is 0.306 e. The Hall–Kier alpha value is -2.48. The van der Waals surface area contributed by atoms with E-state index in [0.717, 1.165) is 6.07 Å². The minimum absolute atomic E-state index is 0.113. The summed E-state index contributed by atoms with van der Waals surface area (Å²) in [6.45, 7) is 1.27. The van der Waals surface area contributed by atoms with Gasteiger partial charge in [-0.3, -0.25) is 14.8 Å². The van der Waals surface area contributed by atoms with Gasteiger partial charge in [0, 0.05) is 11.8 Å². The largest absolute Gasteiger partial charge is 0.306 e. The van der Waals surface area contributed by atoms with Gasteiger partial charge in [0.15, 0.2) is 0 Å². The molecule has 0 radical (unpaired) electrons. The molecule has 0 aliphatic carbocycles. The minimum atomic E-state index is -4.03.